The van der Waals surface area contributed by atoms with Crippen LogP contribution in [0.2, 0.25) is 0 Å². The number of nitrogens with two attached hydrogens (primary N) is 1. The summed E-state index contributed by atoms with van der Waals surface area (Å²) in [7, 11) is 0. The average Bonchev–Trinajstić information content (AvgIpc) is 2.65. The van der Waals surface area contributed by atoms with Gasteiger partial charge in [-0.1, -0.05) is 13.8 Å². The molecule has 1 unspecified atom stereocenters. The SMILES string of the molecule is CC(C)C(NC(=O)[C@H]1CCNC1)C(N)=O. The summed E-state index contributed by atoms with van der Waals surface area (Å²) in [4.78, 5) is 22.8. The van der Waals surface area contributed by atoms with Crippen molar-refractivity contribution in [3.05, 3.63) is 0 Å². The molecule has 0 aromatic rings. The maximum absolute atomic E-state index is 11.7. The van der Waals surface area contributed by atoms with E-state index in [4.69, 9.17) is 5.73 Å². The van der Waals surface area contributed by atoms with Crippen LogP contribution < -0.4 is 16.4 Å². The Hall–Kier alpha value is -1.10. The molecule has 0 aliphatic carbocycles. The molecular weight excluding hydrogens is 194 g/mol. The van der Waals surface area contributed by atoms with Crippen LogP contribution in [0, 0.1) is 11.8 Å². The van der Waals surface area contributed by atoms with Crippen molar-refractivity contribution in [1.82, 2.24) is 10.6 Å². The quantitative estimate of drug-likeness (QED) is 0.573. The molecule has 0 bridgehead atoms. The lowest BCUT2D eigenvalue weighted by Crippen LogP contribution is -2.49. The lowest BCUT2D eigenvalue weighted by Gasteiger charge is -2.20. The van der Waals surface area contributed by atoms with E-state index < -0.39 is 11.9 Å². The van der Waals surface area contributed by atoms with Gasteiger partial charge in [-0.25, -0.2) is 0 Å². The predicted octanol–water partition coefficient (Wildman–Crippen LogP) is -0.778. The molecule has 1 aliphatic rings. The Balaban J connectivity index is 2.50. The van der Waals surface area contributed by atoms with E-state index in [2.05, 4.69) is 10.6 Å². The van der Waals surface area contributed by atoms with Crippen molar-refractivity contribution in [3.8, 4) is 0 Å². The maximum Gasteiger partial charge on any atom is 0.240 e. The third-order valence-electron chi connectivity index (χ3n) is 2.70. The van der Waals surface area contributed by atoms with Crippen molar-refractivity contribution in [3.63, 3.8) is 0 Å². The van der Waals surface area contributed by atoms with Crippen LogP contribution in [0.1, 0.15) is 20.3 Å². The standard InChI is InChI=1S/C10H19N3O2/c1-6(2)8(9(11)14)13-10(15)7-3-4-12-5-7/h6-8,12H,3-5H2,1-2H3,(H2,11,14)(H,13,15)/t7-,8?/m0/s1. The molecule has 86 valence electrons. The van der Waals surface area contributed by atoms with E-state index in [1.165, 1.54) is 0 Å². The van der Waals surface area contributed by atoms with Gasteiger partial charge in [-0.3, -0.25) is 9.59 Å². The highest BCUT2D eigenvalue weighted by Crippen LogP contribution is 2.09. The number of amides is 2. The largest absolute Gasteiger partial charge is 0.368 e. The molecule has 0 saturated carbocycles. The van der Waals surface area contributed by atoms with Crippen LogP contribution in [0.4, 0.5) is 0 Å². The molecule has 1 saturated heterocycles. The fourth-order valence-corrected chi connectivity index (χ4v) is 1.72. The van der Waals surface area contributed by atoms with Gasteiger partial charge in [-0.15, -0.1) is 0 Å². The fraction of sp³-hybridized carbons (Fsp3) is 0.800. The molecule has 0 aromatic carbocycles. The van der Waals surface area contributed by atoms with Gasteiger partial charge in [0.05, 0.1) is 5.92 Å². The first kappa shape index (κ1) is 12.0. The molecule has 0 radical (unpaired) electrons. The Labute approximate surface area is 89.8 Å². The minimum Gasteiger partial charge on any atom is -0.368 e. The second-order valence-corrected chi connectivity index (χ2v) is 4.32. The Morgan fingerprint density at radius 1 is 1.47 bits per heavy atom. The molecule has 0 spiro atoms. The minimum atomic E-state index is -0.557. The van der Waals surface area contributed by atoms with Gasteiger partial charge in [-0.05, 0) is 18.9 Å². The van der Waals surface area contributed by atoms with E-state index in [1.807, 2.05) is 13.8 Å². The number of carbonyl (C=O) groups is 2. The van der Waals surface area contributed by atoms with Gasteiger partial charge >= 0.3 is 0 Å². The van der Waals surface area contributed by atoms with Crippen LogP contribution in [0.15, 0.2) is 0 Å². The zero-order valence-corrected chi connectivity index (χ0v) is 9.25. The van der Waals surface area contributed by atoms with Crippen LogP contribution >= 0.6 is 0 Å². The van der Waals surface area contributed by atoms with Gasteiger partial charge in [0.25, 0.3) is 0 Å². The van der Waals surface area contributed by atoms with Gasteiger partial charge in [-0.2, -0.15) is 0 Å². The first-order valence-corrected chi connectivity index (χ1v) is 5.32. The average molecular weight is 213 g/mol. The minimum absolute atomic E-state index is 0.0226. The topological polar surface area (TPSA) is 84.2 Å². The summed E-state index contributed by atoms with van der Waals surface area (Å²) in [5, 5.41) is 5.81. The van der Waals surface area contributed by atoms with E-state index in [0.717, 1.165) is 13.0 Å². The molecule has 4 N–H and O–H groups in total. The third-order valence-corrected chi connectivity index (χ3v) is 2.70. The van der Waals surface area contributed by atoms with Gasteiger partial charge in [0.2, 0.25) is 11.8 Å². The number of primary amides is 1. The molecule has 2 atom stereocenters. The molecule has 1 fully saturated rings. The van der Waals surface area contributed by atoms with Crippen LogP contribution in [0.3, 0.4) is 0 Å². The predicted molar refractivity (Wildman–Crippen MR) is 56.9 cm³/mol. The number of hydrogen-bond donors (Lipinski definition) is 3. The van der Waals surface area contributed by atoms with Crippen LogP contribution in [-0.2, 0) is 9.59 Å². The third kappa shape index (κ3) is 3.20. The Morgan fingerprint density at radius 2 is 2.13 bits per heavy atom. The van der Waals surface area contributed by atoms with Gasteiger partial charge < -0.3 is 16.4 Å². The Bertz CT molecular complexity index is 247. The van der Waals surface area contributed by atoms with E-state index in [-0.39, 0.29) is 17.7 Å². The molecule has 1 rings (SSSR count). The summed E-state index contributed by atoms with van der Waals surface area (Å²) in [6.45, 7) is 5.28. The molecule has 5 heteroatoms. The van der Waals surface area contributed by atoms with Crippen molar-refractivity contribution in [2.24, 2.45) is 17.6 Å². The van der Waals surface area contributed by atoms with Crippen molar-refractivity contribution in [1.29, 1.82) is 0 Å². The lowest BCUT2D eigenvalue weighted by molar-refractivity contribution is -0.130. The maximum atomic E-state index is 11.7. The first-order valence-electron chi connectivity index (χ1n) is 5.32. The molecular formula is C10H19N3O2. The molecule has 1 heterocycles. The number of rotatable bonds is 4. The van der Waals surface area contributed by atoms with Gasteiger partial charge in [0.1, 0.15) is 6.04 Å². The highest BCUT2D eigenvalue weighted by Gasteiger charge is 2.27. The summed E-state index contributed by atoms with van der Waals surface area (Å²) in [6.07, 6.45) is 0.829. The summed E-state index contributed by atoms with van der Waals surface area (Å²) in [5.74, 6) is -0.534. The zero-order chi connectivity index (χ0) is 11.4. The van der Waals surface area contributed by atoms with E-state index in [9.17, 15) is 9.59 Å². The molecule has 1 aliphatic heterocycles. The van der Waals surface area contributed by atoms with Crippen molar-refractivity contribution >= 4 is 11.8 Å². The normalized spacial score (nSPS) is 22.7. The molecule has 5 nitrogen and oxygen atoms in total. The Morgan fingerprint density at radius 3 is 2.53 bits per heavy atom. The summed E-state index contributed by atoms with van der Waals surface area (Å²) in [5.41, 5.74) is 5.22. The lowest BCUT2D eigenvalue weighted by atomic mass is 10.0. The van der Waals surface area contributed by atoms with Crippen molar-refractivity contribution in [2.75, 3.05) is 13.1 Å². The number of hydrogen-bond acceptors (Lipinski definition) is 3. The van der Waals surface area contributed by atoms with Crippen molar-refractivity contribution in [2.45, 2.75) is 26.3 Å². The van der Waals surface area contributed by atoms with E-state index >= 15 is 0 Å². The highest BCUT2D eigenvalue weighted by atomic mass is 16.2. The Kier molecular flexibility index (Phi) is 4.08. The van der Waals surface area contributed by atoms with Crippen molar-refractivity contribution < 1.29 is 9.59 Å². The van der Waals surface area contributed by atoms with E-state index in [1.54, 1.807) is 0 Å². The molecule has 15 heavy (non-hydrogen) atoms. The second-order valence-electron chi connectivity index (χ2n) is 4.32. The van der Waals surface area contributed by atoms with Crippen LogP contribution in [-0.4, -0.2) is 30.9 Å². The number of nitrogens with one attached hydrogen (secondary N) is 2. The van der Waals surface area contributed by atoms with E-state index in [0.29, 0.717) is 6.54 Å². The fourth-order valence-electron chi connectivity index (χ4n) is 1.72. The summed E-state index contributed by atoms with van der Waals surface area (Å²) >= 11 is 0. The summed E-state index contributed by atoms with van der Waals surface area (Å²) in [6, 6.07) is -0.557. The summed E-state index contributed by atoms with van der Waals surface area (Å²) < 4.78 is 0. The number of carbonyl (C=O) groups excluding carboxylic acids is 2. The monoisotopic (exact) mass is 213 g/mol. The molecule has 0 aromatic heterocycles. The van der Waals surface area contributed by atoms with Crippen LogP contribution in [0.5, 0.6) is 0 Å². The molecule has 2 amide bonds. The van der Waals surface area contributed by atoms with Gasteiger partial charge in [0.15, 0.2) is 0 Å². The highest BCUT2D eigenvalue weighted by molar-refractivity contribution is 5.87. The zero-order valence-electron chi connectivity index (χ0n) is 9.25. The smallest absolute Gasteiger partial charge is 0.240 e. The second kappa shape index (κ2) is 5.11. The van der Waals surface area contributed by atoms with Gasteiger partial charge in [0, 0.05) is 6.54 Å². The first-order chi connectivity index (χ1) is 7.02. The van der Waals surface area contributed by atoms with Crippen LogP contribution in [0.25, 0.3) is 0 Å².